The van der Waals surface area contributed by atoms with Crippen molar-refractivity contribution < 1.29 is 45.4 Å². The number of anilines is 1. The highest BCUT2D eigenvalue weighted by Gasteiger charge is 2.38. The second kappa shape index (κ2) is 17.5. The lowest BCUT2D eigenvalue weighted by atomic mass is 9.89. The quantitative estimate of drug-likeness (QED) is 0.123. The smallest absolute Gasteiger partial charge is 0.408 e. The molecule has 0 aliphatic heterocycles. The van der Waals surface area contributed by atoms with Gasteiger partial charge in [0.15, 0.2) is 0 Å². The maximum absolute atomic E-state index is 15.1. The number of halogens is 7. The van der Waals surface area contributed by atoms with E-state index >= 15 is 4.39 Å². The molecule has 14 heteroatoms. The van der Waals surface area contributed by atoms with Crippen molar-refractivity contribution in [1.82, 2.24) is 15.3 Å². The number of aromatic nitrogens is 2. The maximum atomic E-state index is 15.1. The summed E-state index contributed by atoms with van der Waals surface area (Å²) in [5.41, 5.74) is -0.841. The van der Waals surface area contributed by atoms with E-state index in [1.165, 1.54) is 56.6 Å². The molecule has 0 fully saturated rings. The van der Waals surface area contributed by atoms with Gasteiger partial charge in [0.1, 0.15) is 23.7 Å². The van der Waals surface area contributed by atoms with Gasteiger partial charge in [0.05, 0.1) is 16.6 Å². The number of rotatable bonds is 10. The summed E-state index contributed by atoms with van der Waals surface area (Å²) in [7, 11) is 0. The Morgan fingerprint density at radius 3 is 2.00 bits per heavy atom. The standard InChI is InChI=1S/C35H29F7N4O3.2C2H6/c1-4-27(35(40,41)42)45-19-13-17(2)28(25(37)15-19)32(47)46-26(33(48)49)14-18-9-10-22(30-20(18)7-5-11-43-30)29-23(34(3,38)39)16-24(36)21-8-6-12-44-31(21)29;2*1-2/h5-13,15-16,26-27,45H,4,14H2,1-3H3,(H,46,47)(H,48,49);2*1-2H3/t26-,27+;;/m0../s1. The SMILES string of the molecule is CC.CC.CC[C@@H](Nc1cc(C)c(C(=O)N[C@@H](Cc2ccc(-c3c(C(C)(F)F)cc(F)c4cccnc34)c3ncccc23)C(=O)O)c(F)c1)C(F)(F)F. The number of nitrogens with one attached hydrogen (secondary N) is 2. The molecule has 0 radical (unpaired) electrons. The van der Waals surface area contributed by atoms with Gasteiger partial charge in [-0.15, -0.1) is 0 Å². The molecule has 1 amide bonds. The molecule has 0 saturated heterocycles. The zero-order valence-electron chi connectivity index (χ0n) is 30.2. The number of hydrogen-bond acceptors (Lipinski definition) is 5. The van der Waals surface area contributed by atoms with Crippen LogP contribution in [0.1, 0.15) is 75.0 Å². The van der Waals surface area contributed by atoms with Crippen LogP contribution < -0.4 is 10.6 Å². The fraction of sp³-hybridized carbons (Fsp3) is 0.333. The first-order valence-electron chi connectivity index (χ1n) is 17.0. The molecular formula is C39H41F7N4O3. The van der Waals surface area contributed by atoms with E-state index in [0.29, 0.717) is 17.9 Å². The summed E-state index contributed by atoms with van der Waals surface area (Å²) in [6, 6.07) is 7.93. The Labute approximate surface area is 302 Å². The van der Waals surface area contributed by atoms with Crippen molar-refractivity contribution in [2.75, 3.05) is 5.32 Å². The third-order valence-corrected chi connectivity index (χ3v) is 8.13. The summed E-state index contributed by atoms with van der Waals surface area (Å²) >= 11 is 0. The van der Waals surface area contributed by atoms with Gasteiger partial charge >= 0.3 is 12.1 Å². The molecule has 0 aliphatic carbocycles. The van der Waals surface area contributed by atoms with E-state index < -0.39 is 58.8 Å². The summed E-state index contributed by atoms with van der Waals surface area (Å²) in [5.74, 6) is -8.14. The maximum Gasteiger partial charge on any atom is 0.408 e. The van der Waals surface area contributed by atoms with Crippen molar-refractivity contribution in [3.63, 3.8) is 0 Å². The number of fused-ring (bicyclic) bond motifs is 2. The molecule has 0 bridgehead atoms. The second-order valence-corrected chi connectivity index (χ2v) is 11.6. The number of aryl methyl sites for hydroxylation is 1. The summed E-state index contributed by atoms with van der Waals surface area (Å²) in [6.45, 7) is 11.2. The number of carbonyl (C=O) groups excluding carboxylic acids is 1. The first kappa shape index (κ1) is 42.1. The number of alkyl halides is 5. The zero-order chi connectivity index (χ0) is 39.8. The van der Waals surface area contributed by atoms with E-state index in [4.69, 9.17) is 0 Å². The first-order valence-corrected chi connectivity index (χ1v) is 17.0. The van der Waals surface area contributed by atoms with Crippen LogP contribution in [0.2, 0.25) is 0 Å². The molecule has 3 aromatic carbocycles. The summed E-state index contributed by atoms with van der Waals surface area (Å²) < 4.78 is 99.6. The Balaban J connectivity index is 0.00000183. The highest BCUT2D eigenvalue weighted by molar-refractivity contribution is 6.05. The van der Waals surface area contributed by atoms with Gasteiger partial charge in [-0.3, -0.25) is 14.8 Å². The van der Waals surface area contributed by atoms with Crippen molar-refractivity contribution in [3.05, 3.63) is 101 Å². The molecule has 7 nitrogen and oxygen atoms in total. The number of pyridine rings is 2. The van der Waals surface area contributed by atoms with Gasteiger partial charge < -0.3 is 15.7 Å². The van der Waals surface area contributed by atoms with Crippen molar-refractivity contribution >= 4 is 39.4 Å². The number of hydrogen-bond donors (Lipinski definition) is 3. The minimum Gasteiger partial charge on any atom is -0.480 e. The number of nitrogens with zero attached hydrogens (tertiary/aromatic N) is 2. The van der Waals surface area contributed by atoms with Crippen LogP contribution in [0.5, 0.6) is 0 Å². The van der Waals surface area contributed by atoms with Crippen LogP contribution in [0, 0.1) is 18.6 Å². The molecule has 2 atom stereocenters. The average Bonchev–Trinajstić information content (AvgIpc) is 3.11. The summed E-state index contributed by atoms with van der Waals surface area (Å²) in [4.78, 5) is 34.1. The number of carbonyl (C=O) groups is 2. The second-order valence-electron chi connectivity index (χ2n) is 11.6. The predicted molar refractivity (Wildman–Crippen MR) is 192 cm³/mol. The van der Waals surface area contributed by atoms with Crippen LogP contribution >= 0.6 is 0 Å². The van der Waals surface area contributed by atoms with Gasteiger partial charge in [-0.25, -0.2) is 22.4 Å². The molecule has 3 N–H and O–H groups in total. The number of amides is 1. The highest BCUT2D eigenvalue weighted by Crippen LogP contribution is 2.43. The minimum atomic E-state index is -4.60. The predicted octanol–water partition coefficient (Wildman–Crippen LogP) is 10.4. The normalized spacial score (nSPS) is 12.6. The number of carboxylic acids is 1. The van der Waals surface area contributed by atoms with Crippen molar-refractivity contribution in [2.45, 2.75) is 85.5 Å². The first-order chi connectivity index (χ1) is 25.0. The van der Waals surface area contributed by atoms with Crippen LogP contribution in [-0.2, 0) is 17.1 Å². The van der Waals surface area contributed by atoms with Crippen molar-refractivity contribution in [2.24, 2.45) is 0 Å². The van der Waals surface area contributed by atoms with E-state index in [1.807, 2.05) is 27.7 Å². The van der Waals surface area contributed by atoms with Crippen LogP contribution in [0.4, 0.5) is 36.4 Å². The molecule has 53 heavy (non-hydrogen) atoms. The molecule has 0 unspecified atom stereocenters. The molecular weight excluding hydrogens is 705 g/mol. The molecule has 284 valence electrons. The molecule has 2 heterocycles. The van der Waals surface area contributed by atoms with E-state index in [1.54, 1.807) is 6.07 Å². The molecule has 5 rings (SSSR count). The van der Waals surface area contributed by atoms with Gasteiger partial charge in [0.2, 0.25) is 0 Å². The van der Waals surface area contributed by atoms with E-state index in [9.17, 15) is 41.0 Å². The Morgan fingerprint density at radius 2 is 1.45 bits per heavy atom. The van der Waals surface area contributed by atoms with Gasteiger partial charge in [-0.1, -0.05) is 52.8 Å². The van der Waals surface area contributed by atoms with Crippen LogP contribution in [0.15, 0.2) is 67.0 Å². The van der Waals surface area contributed by atoms with Crippen LogP contribution in [-0.4, -0.2) is 45.2 Å². The van der Waals surface area contributed by atoms with Crippen LogP contribution in [0.3, 0.4) is 0 Å². The van der Waals surface area contributed by atoms with Gasteiger partial charge in [0, 0.05) is 58.9 Å². The molecule has 0 spiro atoms. The third kappa shape index (κ3) is 9.40. The number of benzene rings is 3. The lowest BCUT2D eigenvalue weighted by Gasteiger charge is -2.22. The van der Waals surface area contributed by atoms with Gasteiger partial charge in [-0.2, -0.15) is 13.2 Å². The monoisotopic (exact) mass is 746 g/mol. The van der Waals surface area contributed by atoms with Gasteiger partial charge in [0.25, 0.3) is 11.8 Å². The molecule has 0 aliphatic rings. The minimum absolute atomic E-state index is 0.00387. The summed E-state index contributed by atoms with van der Waals surface area (Å²) in [6.07, 6.45) is -2.55. The van der Waals surface area contributed by atoms with E-state index in [0.717, 1.165) is 18.2 Å². The summed E-state index contributed by atoms with van der Waals surface area (Å²) in [5, 5.41) is 14.9. The van der Waals surface area contributed by atoms with Crippen molar-refractivity contribution in [1.29, 1.82) is 0 Å². The fourth-order valence-electron chi connectivity index (χ4n) is 5.81. The Bertz CT molecular complexity index is 2060. The highest BCUT2D eigenvalue weighted by atomic mass is 19.4. The third-order valence-electron chi connectivity index (χ3n) is 8.13. The molecule has 2 aromatic heterocycles. The van der Waals surface area contributed by atoms with Gasteiger partial charge in [-0.05, 0) is 60.9 Å². The largest absolute Gasteiger partial charge is 0.480 e. The Kier molecular flexibility index (Phi) is 13.9. The lowest BCUT2D eigenvalue weighted by Crippen LogP contribution is -2.43. The number of carboxylic acid groups (broad SMARTS) is 1. The average molecular weight is 747 g/mol. The fourth-order valence-corrected chi connectivity index (χ4v) is 5.81. The Hall–Kier alpha value is -5.27. The molecule has 0 saturated carbocycles. The zero-order valence-corrected chi connectivity index (χ0v) is 30.2. The molecule has 5 aromatic rings. The van der Waals surface area contributed by atoms with Crippen LogP contribution in [0.25, 0.3) is 32.9 Å². The number of aliphatic carboxylic acids is 1. The van der Waals surface area contributed by atoms with Crippen molar-refractivity contribution in [3.8, 4) is 11.1 Å². The van der Waals surface area contributed by atoms with E-state index in [2.05, 4.69) is 20.6 Å². The Morgan fingerprint density at radius 1 is 0.849 bits per heavy atom. The topological polar surface area (TPSA) is 104 Å². The lowest BCUT2D eigenvalue weighted by molar-refractivity contribution is -0.143. The van der Waals surface area contributed by atoms with E-state index in [-0.39, 0.29) is 51.6 Å².